The van der Waals surface area contributed by atoms with Gasteiger partial charge in [-0.2, -0.15) is 17.7 Å². The molecule has 5 heteroatoms. The summed E-state index contributed by atoms with van der Waals surface area (Å²) in [5, 5.41) is 4.04. The molecule has 0 bridgehead atoms. The Morgan fingerprint density at radius 2 is 2.29 bits per heavy atom. The van der Waals surface area contributed by atoms with Crippen molar-refractivity contribution in [2.24, 2.45) is 5.92 Å². The van der Waals surface area contributed by atoms with E-state index in [0.717, 1.165) is 25.1 Å². The van der Waals surface area contributed by atoms with Crippen molar-refractivity contribution in [2.45, 2.75) is 26.3 Å². The van der Waals surface area contributed by atoms with E-state index in [0.29, 0.717) is 11.4 Å². The van der Waals surface area contributed by atoms with Crippen molar-refractivity contribution in [3.05, 3.63) is 35.0 Å². The molecule has 0 amide bonds. The first-order valence-corrected chi connectivity index (χ1v) is 6.53. The van der Waals surface area contributed by atoms with Gasteiger partial charge in [0.1, 0.15) is 5.52 Å². The maximum absolute atomic E-state index is 12.1. The highest BCUT2D eigenvalue weighted by atomic mass is 32.1. The fourth-order valence-corrected chi connectivity index (χ4v) is 2.33. The molecule has 92 valence electrons. The van der Waals surface area contributed by atoms with E-state index in [4.69, 9.17) is 0 Å². The molecule has 0 aromatic carbocycles. The van der Waals surface area contributed by atoms with Crippen LogP contribution in [0.2, 0.25) is 0 Å². The zero-order valence-corrected chi connectivity index (χ0v) is 10.8. The van der Waals surface area contributed by atoms with Crippen LogP contribution in [0.5, 0.6) is 0 Å². The first kappa shape index (κ1) is 12.2. The number of nitrogens with zero attached hydrogens (tertiary/aromatic N) is 3. The number of fused-ring (bicyclic) bond motifs is 1. The molecule has 0 fully saturated rings. The Hall–Kier alpha value is -1.23. The molecule has 2 aromatic heterocycles. The summed E-state index contributed by atoms with van der Waals surface area (Å²) in [5.74, 6) is 1.26. The van der Waals surface area contributed by atoms with Gasteiger partial charge < -0.3 is 4.57 Å². The molecule has 0 N–H and O–H groups in total. The minimum Gasteiger partial charge on any atom is -0.312 e. The molecule has 2 aromatic rings. The molecule has 0 saturated heterocycles. The van der Waals surface area contributed by atoms with Crippen LogP contribution >= 0.6 is 12.6 Å². The van der Waals surface area contributed by atoms with Gasteiger partial charge in [-0.25, -0.2) is 4.52 Å². The minimum absolute atomic E-state index is 0.0212. The summed E-state index contributed by atoms with van der Waals surface area (Å²) in [6, 6.07) is 1.74. The normalized spacial score (nSPS) is 13.1. The van der Waals surface area contributed by atoms with Gasteiger partial charge >= 0.3 is 0 Å². The van der Waals surface area contributed by atoms with E-state index in [2.05, 4.69) is 24.7 Å². The molecule has 0 aliphatic heterocycles. The van der Waals surface area contributed by atoms with Crippen LogP contribution in [0.3, 0.4) is 0 Å². The lowest BCUT2D eigenvalue weighted by Gasteiger charge is -2.15. The largest absolute Gasteiger partial charge is 0.312 e. The zero-order valence-electron chi connectivity index (χ0n) is 9.91. The lowest BCUT2D eigenvalue weighted by molar-refractivity contribution is 0.445. The third-order valence-electron chi connectivity index (χ3n) is 2.95. The van der Waals surface area contributed by atoms with Gasteiger partial charge in [-0.05, 0) is 24.2 Å². The molecule has 0 aliphatic carbocycles. The summed E-state index contributed by atoms with van der Waals surface area (Å²) in [6.07, 6.45) is 7.48. The molecule has 0 aliphatic rings. The number of thiol groups is 1. The lowest BCUT2D eigenvalue weighted by Crippen LogP contribution is -2.25. The second-order valence-corrected chi connectivity index (χ2v) is 4.62. The number of rotatable bonds is 5. The summed E-state index contributed by atoms with van der Waals surface area (Å²) >= 11 is 4.34. The van der Waals surface area contributed by atoms with Gasteiger partial charge in [-0.3, -0.25) is 4.79 Å². The molecule has 4 nitrogen and oxygen atoms in total. The first-order valence-electron chi connectivity index (χ1n) is 5.90. The topological polar surface area (TPSA) is 39.3 Å². The highest BCUT2D eigenvalue weighted by Crippen LogP contribution is 2.10. The van der Waals surface area contributed by atoms with Crippen molar-refractivity contribution >= 4 is 18.1 Å². The first-order chi connectivity index (χ1) is 8.26. The lowest BCUT2D eigenvalue weighted by atomic mass is 10.1. The van der Waals surface area contributed by atoms with Crippen LogP contribution in [0.15, 0.2) is 29.5 Å². The second-order valence-electron chi connectivity index (χ2n) is 4.25. The van der Waals surface area contributed by atoms with Crippen molar-refractivity contribution in [3.8, 4) is 0 Å². The molecule has 1 atom stereocenters. The molecular weight excluding hydrogens is 234 g/mol. The van der Waals surface area contributed by atoms with Crippen molar-refractivity contribution in [1.82, 2.24) is 14.2 Å². The van der Waals surface area contributed by atoms with E-state index < -0.39 is 0 Å². The average Bonchev–Trinajstić information content (AvgIpc) is 2.80. The summed E-state index contributed by atoms with van der Waals surface area (Å²) in [6.45, 7) is 2.89. The quantitative estimate of drug-likeness (QED) is 0.824. The van der Waals surface area contributed by atoms with Gasteiger partial charge in [0.15, 0.2) is 0 Å². The Kier molecular flexibility index (Phi) is 3.89. The molecule has 1 unspecified atom stereocenters. The summed E-state index contributed by atoms with van der Waals surface area (Å²) in [7, 11) is 0. The highest BCUT2D eigenvalue weighted by Gasteiger charge is 2.09. The van der Waals surface area contributed by atoms with Crippen LogP contribution in [0.4, 0.5) is 0 Å². The molecule has 0 radical (unpaired) electrons. The average molecular weight is 251 g/mol. The Balaban J connectivity index is 2.29. The molecular formula is C12H17N3OS. The summed E-state index contributed by atoms with van der Waals surface area (Å²) in [5.41, 5.74) is 0.648. The molecule has 2 heterocycles. The van der Waals surface area contributed by atoms with Gasteiger partial charge in [0.2, 0.25) is 0 Å². The van der Waals surface area contributed by atoms with Crippen molar-refractivity contribution < 1.29 is 0 Å². The van der Waals surface area contributed by atoms with Crippen molar-refractivity contribution in [2.75, 3.05) is 5.75 Å². The Morgan fingerprint density at radius 3 is 3.00 bits per heavy atom. The number of hydrogen-bond acceptors (Lipinski definition) is 3. The SMILES string of the molecule is CCCC(CS)Cn1ccn2nccc2c1=O. The Labute approximate surface area is 106 Å². The van der Waals surface area contributed by atoms with E-state index in [1.54, 1.807) is 27.5 Å². The third-order valence-corrected chi connectivity index (χ3v) is 3.46. The maximum atomic E-state index is 12.1. The van der Waals surface area contributed by atoms with Crippen LogP contribution in [0, 0.1) is 5.92 Å². The van der Waals surface area contributed by atoms with Gasteiger partial charge in [0, 0.05) is 18.9 Å². The Bertz CT molecular complexity index is 546. The van der Waals surface area contributed by atoms with Crippen LogP contribution in [0.1, 0.15) is 19.8 Å². The summed E-state index contributed by atoms with van der Waals surface area (Å²) < 4.78 is 3.36. The van der Waals surface area contributed by atoms with Crippen LogP contribution in [-0.2, 0) is 6.54 Å². The molecule has 0 spiro atoms. The van der Waals surface area contributed by atoms with Gasteiger partial charge in [-0.15, -0.1) is 0 Å². The van der Waals surface area contributed by atoms with E-state index in [9.17, 15) is 4.79 Å². The second kappa shape index (κ2) is 5.40. The van der Waals surface area contributed by atoms with E-state index >= 15 is 0 Å². The predicted octanol–water partition coefficient (Wildman–Crippen LogP) is 1.84. The van der Waals surface area contributed by atoms with Crippen LogP contribution in [0.25, 0.3) is 5.52 Å². The fourth-order valence-electron chi connectivity index (χ4n) is 2.03. The standard InChI is InChI=1S/C12H17N3OS/c1-2-3-10(9-17)8-14-6-7-15-11(12(14)16)4-5-13-15/h4-7,10,17H,2-3,8-9H2,1H3. The van der Waals surface area contributed by atoms with Gasteiger partial charge in [0.25, 0.3) is 5.56 Å². The number of aromatic nitrogens is 3. The van der Waals surface area contributed by atoms with E-state index in [1.807, 2.05) is 6.20 Å². The van der Waals surface area contributed by atoms with E-state index in [1.165, 1.54) is 0 Å². The maximum Gasteiger partial charge on any atom is 0.276 e. The molecule has 0 saturated carbocycles. The Morgan fingerprint density at radius 1 is 1.47 bits per heavy atom. The highest BCUT2D eigenvalue weighted by molar-refractivity contribution is 7.80. The zero-order chi connectivity index (χ0) is 12.3. The van der Waals surface area contributed by atoms with Gasteiger partial charge in [0.05, 0.1) is 6.20 Å². The third kappa shape index (κ3) is 2.54. The minimum atomic E-state index is 0.0212. The predicted molar refractivity (Wildman–Crippen MR) is 71.7 cm³/mol. The van der Waals surface area contributed by atoms with Crippen molar-refractivity contribution in [3.63, 3.8) is 0 Å². The molecule has 2 rings (SSSR count). The monoisotopic (exact) mass is 251 g/mol. The van der Waals surface area contributed by atoms with Gasteiger partial charge in [-0.1, -0.05) is 13.3 Å². The molecule has 17 heavy (non-hydrogen) atoms. The number of hydrogen-bond donors (Lipinski definition) is 1. The fraction of sp³-hybridized carbons (Fsp3) is 0.500. The summed E-state index contributed by atoms with van der Waals surface area (Å²) in [4.78, 5) is 12.1. The van der Waals surface area contributed by atoms with Crippen LogP contribution < -0.4 is 5.56 Å². The smallest absolute Gasteiger partial charge is 0.276 e. The van der Waals surface area contributed by atoms with E-state index in [-0.39, 0.29) is 5.56 Å². The van der Waals surface area contributed by atoms with Crippen LogP contribution in [-0.4, -0.2) is 19.9 Å². The van der Waals surface area contributed by atoms with Crippen molar-refractivity contribution in [1.29, 1.82) is 0 Å².